The van der Waals surface area contributed by atoms with Gasteiger partial charge in [0.1, 0.15) is 0 Å². The molecule has 0 aliphatic heterocycles. The second-order valence-corrected chi connectivity index (χ2v) is 5.05. The van der Waals surface area contributed by atoms with Gasteiger partial charge in [0.15, 0.2) is 0 Å². The van der Waals surface area contributed by atoms with Crippen LogP contribution in [0.4, 0.5) is 0 Å². The van der Waals surface area contributed by atoms with E-state index in [4.69, 9.17) is 5.73 Å². The quantitative estimate of drug-likeness (QED) is 0.873. The van der Waals surface area contributed by atoms with Gasteiger partial charge < -0.3 is 11.1 Å². The lowest BCUT2D eigenvalue weighted by Gasteiger charge is -2.26. The third-order valence-corrected chi connectivity index (χ3v) is 3.78. The molecule has 0 radical (unpaired) electrons. The minimum absolute atomic E-state index is 0. The van der Waals surface area contributed by atoms with Crippen molar-refractivity contribution >= 4 is 18.3 Å². The standard InChI is InChI=1S/C15H24N2O.ClH/c1-5-15(16,6-2)10-17-14(18)13-8-7-11(3)12(4)9-13;/h7-9H,5-6,10,16H2,1-4H3,(H,17,18);1H. The molecular weight excluding hydrogens is 260 g/mol. The summed E-state index contributed by atoms with van der Waals surface area (Å²) in [4.78, 5) is 12.0. The van der Waals surface area contributed by atoms with E-state index in [1.54, 1.807) is 0 Å². The number of carbonyl (C=O) groups is 1. The van der Waals surface area contributed by atoms with Crippen LogP contribution >= 0.6 is 12.4 Å². The number of carbonyl (C=O) groups excluding carboxylic acids is 1. The monoisotopic (exact) mass is 284 g/mol. The van der Waals surface area contributed by atoms with Gasteiger partial charge in [0.2, 0.25) is 0 Å². The van der Waals surface area contributed by atoms with Gasteiger partial charge in [0, 0.05) is 17.6 Å². The first-order chi connectivity index (χ1) is 8.41. The highest BCUT2D eigenvalue weighted by Gasteiger charge is 2.21. The first-order valence-electron chi connectivity index (χ1n) is 6.56. The second kappa shape index (κ2) is 7.51. The fourth-order valence-corrected chi connectivity index (χ4v) is 1.74. The van der Waals surface area contributed by atoms with E-state index < -0.39 is 0 Å². The number of nitrogens with one attached hydrogen (secondary N) is 1. The summed E-state index contributed by atoms with van der Waals surface area (Å²) >= 11 is 0. The largest absolute Gasteiger partial charge is 0.350 e. The Morgan fingerprint density at radius 2 is 1.79 bits per heavy atom. The average molecular weight is 285 g/mol. The number of halogens is 1. The van der Waals surface area contributed by atoms with E-state index in [2.05, 4.69) is 5.32 Å². The SMILES string of the molecule is CCC(N)(CC)CNC(=O)c1ccc(C)c(C)c1.Cl. The van der Waals surface area contributed by atoms with Crippen LogP contribution in [0.25, 0.3) is 0 Å². The zero-order valence-electron chi connectivity index (χ0n) is 12.2. The van der Waals surface area contributed by atoms with Crippen LogP contribution in [-0.2, 0) is 0 Å². The first-order valence-corrected chi connectivity index (χ1v) is 6.56. The maximum absolute atomic E-state index is 12.0. The van der Waals surface area contributed by atoms with Crippen molar-refractivity contribution in [1.29, 1.82) is 0 Å². The van der Waals surface area contributed by atoms with Crippen molar-refractivity contribution in [3.8, 4) is 0 Å². The van der Waals surface area contributed by atoms with Crippen LogP contribution in [0.1, 0.15) is 48.2 Å². The summed E-state index contributed by atoms with van der Waals surface area (Å²) in [5, 5.41) is 2.92. The van der Waals surface area contributed by atoms with Crippen LogP contribution in [0.15, 0.2) is 18.2 Å². The van der Waals surface area contributed by atoms with Gasteiger partial charge in [0.25, 0.3) is 5.91 Å². The molecular formula is C15H25ClN2O. The predicted octanol–water partition coefficient (Wildman–Crippen LogP) is 2.97. The first kappa shape index (κ1) is 17.9. The molecule has 0 saturated heterocycles. The van der Waals surface area contributed by atoms with Crippen molar-refractivity contribution in [3.05, 3.63) is 34.9 Å². The molecule has 0 atom stereocenters. The number of aryl methyl sites for hydroxylation is 2. The molecule has 0 fully saturated rings. The van der Waals surface area contributed by atoms with E-state index in [9.17, 15) is 4.79 Å². The molecule has 0 heterocycles. The van der Waals surface area contributed by atoms with Crippen LogP contribution in [0.2, 0.25) is 0 Å². The fourth-order valence-electron chi connectivity index (χ4n) is 1.74. The Balaban J connectivity index is 0.00000324. The van der Waals surface area contributed by atoms with Crippen molar-refractivity contribution in [2.45, 2.75) is 46.1 Å². The molecule has 4 heteroatoms. The molecule has 0 aromatic heterocycles. The van der Waals surface area contributed by atoms with Crippen molar-refractivity contribution < 1.29 is 4.79 Å². The van der Waals surface area contributed by atoms with E-state index in [1.165, 1.54) is 5.56 Å². The fraction of sp³-hybridized carbons (Fsp3) is 0.533. The molecule has 1 amide bonds. The Labute approximate surface area is 122 Å². The summed E-state index contributed by atoms with van der Waals surface area (Å²) in [5.41, 5.74) is 8.90. The topological polar surface area (TPSA) is 55.1 Å². The van der Waals surface area contributed by atoms with Crippen molar-refractivity contribution in [3.63, 3.8) is 0 Å². The molecule has 1 rings (SSSR count). The lowest BCUT2D eigenvalue weighted by molar-refractivity contribution is 0.0942. The lowest BCUT2D eigenvalue weighted by atomic mass is 9.94. The van der Waals surface area contributed by atoms with Gasteiger partial charge in [-0.3, -0.25) is 4.79 Å². The smallest absolute Gasteiger partial charge is 0.251 e. The van der Waals surface area contributed by atoms with Crippen molar-refractivity contribution in [2.24, 2.45) is 5.73 Å². The summed E-state index contributed by atoms with van der Waals surface area (Å²) in [6, 6.07) is 5.74. The average Bonchev–Trinajstić information content (AvgIpc) is 2.38. The zero-order chi connectivity index (χ0) is 13.8. The number of rotatable bonds is 5. The molecule has 19 heavy (non-hydrogen) atoms. The Bertz CT molecular complexity index is 428. The third-order valence-electron chi connectivity index (χ3n) is 3.78. The molecule has 1 aromatic rings. The molecule has 0 aliphatic rings. The van der Waals surface area contributed by atoms with Gasteiger partial charge in [-0.1, -0.05) is 19.9 Å². The van der Waals surface area contributed by atoms with Crippen LogP contribution < -0.4 is 11.1 Å². The molecule has 0 spiro atoms. The van der Waals surface area contributed by atoms with Crippen molar-refractivity contribution in [2.75, 3.05) is 6.54 Å². The van der Waals surface area contributed by atoms with Gasteiger partial charge in [-0.05, 0) is 49.9 Å². The Morgan fingerprint density at radius 3 is 2.26 bits per heavy atom. The summed E-state index contributed by atoms with van der Waals surface area (Å²) in [7, 11) is 0. The summed E-state index contributed by atoms with van der Waals surface area (Å²) in [5.74, 6) is -0.0465. The minimum Gasteiger partial charge on any atom is -0.350 e. The lowest BCUT2D eigenvalue weighted by Crippen LogP contribution is -2.49. The minimum atomic E-state index is -0.296. The number of nitrogens with two attached hydrogens (primary N) is 1. The number of hydrogen-bond donors (Lipinski definition) is 2. The molecule has 0 saturated carbocycles. The Hall–Kier alpha value is -1.06. The molecule has 108 valence electrons. The van der Waals surface area contributed by atoms with Gasteiger partial charge in [-0.15, -0.1) is 12.4 Å². The normalized spacial score (nSPS) is 10.8. The van der Waals surface area contributed by atoms with Gasteiger partial charge >= 0.3 is 0 Å². The molecule has 1 aromatic carbocycles. The highest BCUT2D eigenvalue weighted by molar-refractivity contribution is 5.94. The van der Waals surface area contributed by atoms with Crippen LogP contribution in [0, 0.1) is 13.8 Å². The van der Waals surface area contributed by atoms with E-state index in [0.717, 1.165) is 18.4 Å². The molecule has 0 aliphatic carbocycles. The summed E-state index contributed by atoms with van der Waals surface area (Å²) in [6.07, 6.45) is 1.72. The van der Waals surface area contributed by atoms with E-state index in [-0.39, 0.29) is 23.9 Å². The van der Waals surface area contributed by atoms with Crippen LogP contribution in [-0.4, -0.2) is 18.0 Å². The van der Waals surface area contributed by atoms with Crippen LogP contribution in [0.3, 0.4) is 0 Å². The second-order valence-electron chi connectivity index (χ2n) is 5.05. The van der Waals surface area contributed by atoms with E-state index in [0.29, 0.717) is 12.1 Å². The van der Waals surface area contributed by atoms with E-state index in [1.807, 2.05) is 45.9 Å². The van der Waals surface area contributed by atoms with E-state index >= 15 is 0 Å². The Kier molecular flexibility index (Phi) is 7.09. The highest BCUT2D eigenvalue weighted by atomic mass is 35.5. The van der Waals surface area contributed by atoms with Gasteiger partial charge in [-0.25, -0.2) is 0 Å². The molecule has 0 unspecified atom stereocenters. The third kappa shape index (κ3) is 4.84. The Morgan fingerprint density at radius 1 is 1.21 bits per heavy atom. The van der Waals surface area contributed by atoms with Crippen LogP contribution in [0.5, 0.6) is 0 Å². The zero-order valence-corrected chi connectivity index (χ0v) is 13.1. The maximum Gasteiger partial charge on any atom is 0.251 e. The molecule has 0 bridgehead atoms. The summed E-state index contributed by atoms with van der Waals surface area (Å²) < 4.78 is 0. The maximum atomic E-state index is 12.0. The molecule has 3 nitrogen and oxygen atoms in total. The number of hydrogen-bond acceptors (Lipinski definition) is 2. The van der Waals surface area contributed by atoms with Gasteiger partial charge in [0.05, 0.1) is 0 Å². The highest BCUT2D eigenvalue weighted by Crippen LogP contribution is 2.12. The summed E-state index contributed by atoms with van der Waals surface area (Å²) in [6.45, 7) is 8.66. The van der Waals surface area contributed by atoms with Gasteiger partial charge in [-0.2, -0.15) is 0 Å². The van der Waals surface area contributed by atoms with Crippen molar-refractivity contribution in [1.82, 2.24) is 5.32 Å². The molecule has 3 N–H and O–H groups in total. The predicted molar refractivity (Wildman–Crippen MR) is 83.0 cm³/mol. The number of amides is 1. The number of benzene rings is 1.